The molecule has 96 valence electrons. The van der Waals surface area contributed by atoms with Crippen molar-refractivity contribution in [3.63, 3.8) is 0 Å². The lowest BCUT2D eigenvalue weighted by Gasteiger charge is -2.29. The van der Waals surface area contributed by atoms with Crippen LogP contribution < -0.4 is 4.90 Å². The van der Waals surface area contributed by atoms with E-state index in [-0.39, 0.29) is 0 Å². The first-order valence-electron chi connectivity index (χ1n) is 6.61. The molecule has 1 saturated carbocycles. The monoisotopic (exact) mass is 262 g/mol. The van der Waals surface area contributed by atoms with Crippen LogP contribution in [-0.2, 0) is 0 Å². The highest BCUT2D eigenvalue weighted by molar-refractivity contribution is 6.30. The smallest absolute Gasteiger partial charge is 0.101 e. The van der Waals surface area contributed by atoms with Crippen molar-refractivity contribution in [3.8, 4) is 6.07 Å². The minimum Gasteiger partial charge on any atom is -0.373 e. The predicted octanol–water partition coefficient (Wildman–Crippen LogP) is 4.23. The van der Waals surface area contributed by atoms with Crippen LogP contribution in [0.5, 0.6) is 0 Å². The first kappa shape index (κ1) is 13.2. The normalized spacial score (nSPS) is 16.3. The molecule has 0 aliphatic heterocycles. The van der Waals surface area contributed by atoms with Gasteiger partial charge in [0.15, 0.2) is 0 Å². The van der Waals surface area contributed by atoms with Gasteiger partial charge in [-0.25, -0.2) is 0 Å². The lowest BCUT2D eigenvalue weighted by atomic mass is 9.89. The first-order chi connectivity index (χ1) is 8.70. The summed E-state index contributed by atoms with van der Waals surface area (Å²) in [6.07, 6.45) is 6.69. The molecule has 1 aromatic rings. The third kappa shape index (κ3) is 3.17. The highest BCUT2D eigenvalue weighted by atomic mass is 35.5. The van der Waals surface area contributed by atoms with Crippen LogP contribution in [0.3, 0.4) is 0 Å². The van der Waals surface area contributed by atoms with E-state index in [1.165, 1.54) is 32.1 Å². The van der Waals surface area contributed by atoms with Gasteiger partial charge in [-0.2, -0.15) is 5.26 Å². The summed E-state index contributed by atoms with van der Waals surface area (Å²) in [4.78, 5) is 2.18. The van der Waals surface area contributed by atoms with Crippen LogP contribution in [0.15, 0.2) is 18.2 Å². The predicted molar refractivity (Wildman–Crippen MR) is 76.0 cm³/mol. The van der Waals surface area contributed by atoms with E-state index in [0.29, 0.717) is 10.6 Å². The SMILES string of the molecule is CN(CC1CCCCC1)c1cc(Cl)ccc1C#N. The molecule has 1 aromatic carbocycles. The number of nitrogens with zero attached hydrogens (tertiary/aromatic N) is 2. The highest BCUT2D eigenvalue weighted by Gasteiger charge is 2.17. The number of rotatable bonds is 3. The van der Waals surface area contributed by atoms with Crippen molar-refractivity contribution >= 4 is 17.3 Å². The molecule has 2 rings (SSSR count). The van der Waals surface area contributed by atoms with Crippen LogP contribution in [0, 0.1) is 17.2 Å². The molecule has 0 aromatic heterocycles. The summed E-state index contributed by atoms with van der Waals surface area (Å²) >= 11 is 6.02. The van der Waals surface area contributed by atoms with Crippen LogP contribution >= 0.6 is 11.6 Å². The Morgan fingerprint density at radius 2 is 2.06 bits per heavy atom. The van der Waals surface area contributed by atoms with Gasteiger partial charge in [0.25, 0.3) is 0 Å². The maximum Gasteiger partial charge on any atom is 0.101 e. The van der Waals surface area contributed by atoms with Crippen molar-refractivity contribution < 1.29 is 0 Å². The molecule has 0 N–H and O–H groups in total. The van der Waals surface area contributed by atoms with Crippen molar-refractivity contribution in [2.24, 2.45) is 5.92 Å². The Kier molecular flexibility index (Phi) is 4.49. The van der Waals surface area contributed by atoms with E-state index in [1.54, 1.807) is 12.1 Å². The topological polar surface area (TPSA) is 27.0 Å². The molecule has 0 atom stereocenters. The van der Waals surface area contributed by atoms with Gasteiger partial charge in [-0.1, -0.05) is 30.9 Å². The minimum atomic E-state index is 0.694. The van der Waals surface area contributed by atoms with Gasteiger partial charge in [0.05, 0.1) is 11.3 Å². The van der Waals surface area contributed by atoms with E-state index in [4.69, 9.17) is 16.9 Å². The van der Waals surface area contributed by atoms with Gasteiger partial charge in [-0.05, 0) is 37.0 Å². The molecule has 0 bridgehead atoms. The number of halogens is 1. The molecule has 1 fully saturated rings. The Hall–Kier alpha value is -1.20. The Labute approximate surface area is 114 Å². The first-order valence-corrected chi connectivity index (χ1v) is 6.99. The van der Waals surface area contributed by atoms with E-state index in [9.17, 15) is 0 Å². The Morgan fingerprint density at radius 1 is 1.33 bits per heavy atom. The molecule has 0 radical (unpaired) electrons. The fraction of sp³-hybridized carbons (Fsp3) is 0.533. The average molecular weight is 263 g/mol. The van der Waals surface area contributed by atoms with Gasteiger partial charge >= 0.3 is 0 Å². The van der Waals surface area contributed by atoms with Gasteiger partial charge < -0.3 is 4.90 Å². The summed E-state index contributed by atoms with van der Waals surface area (Å²) < 4.78 is 0. The lowest BCUT2D eigenvalue weighted by Crippen LogP contribution is -2.27. The second kappa shape index (κ2) is 6.11. The number of hydrogen-bond acceptors (Lipinski definition) is 2. The number of hydrogen-bond donors (Lipinski definition) is 0. The Morgan fingerprint density at radius 3 is 2.72 bits per heavy atom. The van der Waals surface area contributed by atoms with Gasteiger partial charge in [0, 0.05) is 18.6 Å². The molecular formula is C15H19ClN2. The molecular weight excluding hydrogens is 244 g/mol. The fourth-order valence-electron chi connectivity index (χ4n) is 2.77. The van der Waals surface area contributed by atoms with E-state index >= 15 is 0 Å². The number of nitriles is 1. The summed E-state index contributed by atoms with van der Waals surface area (Å²) in [7, 11) is 2.06. The zero-order valence-corrected chi connectivity index (χ0v) is 11.6. The summed E-state index contributed by atoms with van der Waals surface area (Å²) in [5.41, 5.74) is 1.66. The number of anilines is 1. The average Bonchev–Trinajstić information content (AvgIpc) is 2.40. The van der Waals surface area contributed by atoms with E-state index < -0.39 is 0 Å². The maximum atomic E-state index is 9.14. The molecule has 18 heavy (non-hydrogen) atoms. The van der Waals surface area contributed by atoms with Crippen molar-refractivity contribution in [1.82, 2.24) is 0 Å². The molecule has 0 spiro atoms. The second-order valence-corrected chi connectivity index (χ2v) is 5.59. The van der Waals surface area contributed by atoms with Gasteiger partial charge in [0.2, 0.25) is 0 Å². The third-order valence-electron chi connectivity index (χ3n) is 3.75. The maximum absolute atomic E-state index is 9.14. The van der Waals surface area contributed by atoms with Crippen LogP contribution in [0.1, 0.15) is 37.7 Å². The lowest BCUT2D eigenvalue weighted by molar-refractivity contribution is 0.362. The van der Waals surface area contributed by atoms with Crippen LogP contribution in [-0.4, -0.2) is 13.6 Å². The molecule has 0 unspecified atom stereocenters. The Bertz CT molecular complexity index is 444. The molecule has 2 nitrogen and oxygen atoms in total. The standard InChI is InChI=1S/C15H19ClN2/c1-18(11-12-5-3-2-4-6-12)15-9-14(16)8-7-13(15)10-17/h7-9,12H,2-6,11H2,1H3. The molecule has 0 saturated heterocycles. The van der Waals surface area contributed by atoms with Crippen molar-refractivity contribution in [3.05, 3.63) is 28.8 Å². The summed E-state index contributed by atoms with van der Waals surface area (Å²) in [5.74, 6) is 0.759. The van der Waals surface area contributed by atoms with Gasteiger partial charge in [0.1, 0.15) is 6.07 Å². The number of benzene rings is 1. The van der Waals surface area contributed by atoms with Crippen LogP contribution in [0.2, 0.25) is 5.02 Å². The van der Waals surface area contributed by atoms with Gasteiger partial charge in [-0.15, -0.1) is 0 Å². The third-order valence-corrected chi connectivity index (χ3v) is 3.98. The van der Waals surface area contributed by atoms with Crippen LogP contribution in [0.4, 0.5) is 5.69 Å². The van der Waals surface area contributed by atoms with E-state index in [2.05, 4.69) is 18.0 Å². The summed E-state index contributed by atoms with van der Waals surface area (Å²) in [6, 6.07) is 7.71. The molecule has 0 amide bonds. The van der Waals surface area contributed by atoms with Crippen molar-refractivity contribution in [2.45, 2.75) is 32.1 Å². The summed E-state index contributed by atoms with van der Waals surface area (Å²) in [6.45, 7) is 1.02. The minimum absolute atomic E-state index is 0.694. The largest absolute Gasteiger partial charge is 0.373 e. The molecule has 1 aliphatic rings. The summed E-state index contributed by atoms with van der Waals surface area (Å²) in [5, 5.41) is 9.84. The zero-order valence-electron chi connectivity index (χ0n) is 10.8. The second-order valence-electron chi connectivity index (χ2n) is 5.16. The zero-order chi connectivity index (χ0) is 13.0. The van der Waals surface area contributed by atoms with Gasteiger partial charge in [-0.3, -0.25) is 0 Å². The molecule has 3 heteroatoms. The quantitative estimate of drug-likeness (QED) is 0.815. The fourth-order valence-corrected chi connectivity index (χ4v) is 2.94. The van der Waals surface area contributed by atoms with Crippen LogP contribution in [0.25, 0.3) is 0 Å². The molecule has 0 heterocycles. The van der Waals surface area contributed by atoms with E-state index in [0.717, 1.165) is 18.2 Å². The molecule has 1 aliphatic carbocycles. The highest BCUT2D eigenvalue weighted by Crippen LogP contribution is 2.28. The van der Waals surface area contributed by atoms with E-state index in [1.807, 2.05) is 6.07 Å². The Balaban J connectivity index is 2.10. The van der Waals surface area contributed by atoms with Crippen molar-refractivity contribution in [1.29, 1.82) is 5.26 Å². The van der Waals surface area contributed by atoms with Crippen molar-refractivity contribution in [2.75, 3.05) is 18.5 Å².